The van der Waals surface area contributed by atoms with E-state index in [9.17, 15) is 9.59 Å². The summed E-state index contributed by atoms with van der Waals surface area (Å²) in [4.78, 5) is 32.6. The van der Waals surface area contributed by atoms with Crippen molar-refractivity contribution in [3.05, 3.63) is 42.6 Å². The number of carbonyl (C=O) groups is 2. The third-order valence-corrected chi connectivity index (χ3v) is 4.12. The van der Waals surface area contributed by atoms with Crippen LogP contribution in [0.15, 0.2) is 42.6 Å². The number of amides is 2. The van der Waals surface area contributed by atoms with Crippen LogP contribution < -0.4 is 19.9 Å². The third-order valence-electron chi connectivity index (χ3n) is 4.12. The number of benzene rings is 1. The van der Waals surface area contributed by atoms with Gasteiger partial charge in [-0.25, -0.2) is 4.98 Å². The molecule has 1 N–H and O–H groups in total. The van der Waals surface area contributed by atoms with Crippen LogP contribution in [0.1, 0.15) is 13.3 Å². The Morgan fingerprint density at radius 1 is 1.27 bits per heavy atom. The van der Waals surface area contributed by atoms with Crippen LogP contribution in [0.25, 0.3) is 0 Å². The smallest absolute Gasteiger partial charge is 0.267 e. The number of aromatic nitrogens is 1. The van der Waals surface area contributed by atoms with E-state index < -0.39 is 6.10 Å². The van der Waals surface area contributed by atoms with Gasteiger partial charge in [-0.2, -0.15) is 0 Å². The van der Waals surface area contributed by atoms with Gasteiger partial charge in [-0.15, -0.1) is 0 Å². The predicted molar refractivity (Wildman–Crippen MR) is 101 cm³/mol. The predicted octanol–water partition coefficient (Wildman–Crippen LogP) is 2.29. The maximum atomic E-state index is 12.5. The van der Waals surface area contributed by atoms with Gasteiger partial charge >= 0.3 is 0 Å². The molecule has 7 heteroatoms. The van der Waals surface area contributed by atoms with E-state index in [2.05, 4.69) is 10.3 Å². The largest absolute Gasteiger partial charge is 0.479 e. The number of pyridine rings is 1. The Morgan fingerprint density at radius 2 is 2.04 bits per heavy atom. The van der Waals surface area contributed by atoms with Gasteiger partial charge in [0.1, 0.15) is 5.75 Å². The summed E-state index contributed by atoms with van der Waals surface area (Å²) in [7, 11) is 3.73. The quantitative estimate of drug-likeness (QED) is 0.892. The van der Waals surface area contributed by atoms with Crippen molar-refractivity contribution >= 4 is 29.0 Å². The first-order valence-corrected chi connectivity index (χ1v) is 8.46. The molecule has 7 nitrogen and oxygen atoms in total. The Morgan fingerprint density at radius 3 is 2.81 bits per heavy atom. The summed E-state index contributed by atoms with van der Waals surface area (Å²) in [6.07, 6.45) is 1.29. The van der Waals surface area contributed by atoms with Gasteiger partial charge in [0.15, 0.2) is 11.9 Å². The van der Waals surface area contributed by atoms with Crippen LogP contribution in [0.2, 0.25) is 0 Å². The van der Waals surface area contributed by atoms with Gasteiger partial charge in [-0.1, -0.05) is 12.1 Å². The van der Waals surface area contributed by atoms with Crippen LogP contribution in [-0.2, 0) is 9.59 Å². The highest BCUT2D eigenvalue weighted by atomic mass is 16.5. The molecule has 1 atom stereocenters. The third kappa shape index (κ3) is 3.61. The van der Waals surface area contributed by atoms with Gasteiger partial charge in [-0.3, -0.25) is 9.59 Å². The van der Waals surface area contributed by atoms with Gasteiger partial charge in [0, 0.05) is 33.3 Å². The number of nitrogens with one attached hydrogen (secondary N) is 1. The van der Waals surface area contributed by atoms with Gasteiger partial charge in [0.2, 0.25) is 5.91 Å². The number of para-hydroxylation sites is 2. The zero-order valence-corrected chi connectivity index (χ0v) is 15.1. The molecule has 26 heavy (non-hydrogen) atoms. The lowest BCUT2D eigenvalue weighted by molar-refractivity contribution is -0.125. The summed E-state index contributed by atoms with van der Waals surface area (Å²) < 4.78 is 5.61. The Balaban J connectivity index is 1.69. The summed E-state index contributed by atoms with van der Waals surface area (Å²) in [5, 5.41) is 2.87. The zero-order valence-electron chi connectivity index (χ0n) is 15.1. The molecule has 3 rings (SSSR count). The summed E-state index contributed by atoms with van der Waals surface area (Å²) in [6, 6.07) is 10.9. The Kier molecular flexibility index (Phi) is 5.06. The number of carbonyl (C=O) groups excluding carboxylic acids is 2. The average molecular weight is 354 g/mol. The van der Waals surface area contributed by atoms with Crippen molar-refractivity contribution in [2.45, 2.75) is 19.4 Å². The zero-order chi connectivity index (χ0) is 18.7. The van der Waals surface area contributed by atoms with Gasteiger partial charge in [0.25, 0.3) is 5.91 Å². The molecule has 0 saturated carbocycles. The molecule has 2 aromatic rings. The Hall–Kier alpha value is -3.09. The number of fused-ring (bicyclic) bond motifs is 1. The summed E-state index contributed by atoms with van der Waals surface area (Å²) in [6.45, 7) is 2.00. The molecule has 0 saturated heterocycles. The van der Waals surface area contributed by atoms with Crippen LogP contribution in [0.3, 0.4) is 0 Å². The highest BCUT2D eigenvalue weighted by Crippen LogP contribution is 2.33. The average Bonchev–Trinajstić information content (AvgIpc) is 2.62. The molecule has 0 radical (unpaired) electrons. The standard InChI is InChI=1S/C19H22N4O3/c1-13-19(25)23(15-8-4-5-9-16(15)26-13)12-10-17(24)21-14-7-6-11-20-18(14)22(2)3/h4-9,11,13H,10,12H2,1-3H3,(H,21,24). The fourth-order valence-corrected chi connectivity index (χ4v) is 2.87. The lowest BCUT2D eigenvalue weighted by atomic mass is 10.1. The second kappa shape index (κ2) is 7.43. The molecule has 1 aliphatic rings. The molecule has 1 aliphatic heterocycles. The van der Waals surface area contributed by atoms with E-state index in [-0.39, 0.29) is 24.8 Å². The van der Waals surface area contributed by atoms with Crippen molar-refractivity contribution < 1.29 is 14.3 Å². The molecule has 2 heterocycles. The molecule has 2 amide bonds. The topological polar surface area (TPSA) is 74.8 Å². The van der Waals surface area contributed by atoms with Crippen LogP contribution in [0.4, 0.5) is 17.2 Å². The van der Waals surface area contributed by atoms with Crippen molar-refractivity contribution in [3.63, 3.8) is 0 Å². The normalized spacial score (nSPS) is 15.9. The fraction of sp³-hybridized carbons (Fsp3) is 0.316. The second-order valence-electron chi connectivity index (χ2n) is 6.28. The van der Waals surface area contributed by atoms with Crippen LogP contribution in [0.5, 0.6) is 5.75 Å². The first-order valence-electron chi connectivity index (χ1n) is 8.46. The van der Waals surface area contributed by atoms with Crippen molar-refractivity contribution in [3.8, 4) is 5.75 Å². The summed E-state index contributed by atoms with van der Waals surface area (Å²) in [5.74, 6) is 1.02. The lowest BCUT2D eigenvalue weighted by Crippen LogP contribution is -2.45. The number of rotatable bonds is 5. The first kappa shape index (κ1) is 17.7. The highest BCUT2D eigenvalue weighted by Gasteiger charge is 2.31. The maximum Gasteiger partial charge on any atom is 0.267 e. The summed E-state index contributed by atoms with van der Waals surface area (Å²) in [5.41, 5.74) is 1.34. The van der Waals surface area contributed by atoms with Gasteiger partial charge < -0.3 is 19.9 Å². The molecule has 0 fully saturated rings. The van der Waals surface area contributed by atoms with Crippen molar-refractivity contribution in [1.29, 1.82) is 0 Å². The molecular formula is C19H22N4O3. The highest BCUT2D eigenvalue weighted by molar-refractivity contribution is 6.01. The fourth-order valence-electron chi connectivity index (χ4n) is 2.87. The van der Waals surface area contributed by atoms with E-state index in [4.69, 9.17) is 4.74 Å². The van der Waals surface area contributed by atoms with Crippen LogP contribution >= 0.6 is 0 Å². The maximum absolute atomic E-state index is 12.5. The monoisotopic (exact) mass is 354 g/mol. The van der Waals surface area contributed by atoms with E-state index in [1.165, 1.54) is 0 Å². The Bertz CT molecular complexity index is 822. The Labute approximate surface area is 152 Å². The minimum atomic E-state index is -0.563. The van der Waals surface area contributed by atoms with Crippen molar-refractivity contribution in [1.82, 2.24) is 4.98 Å². The number of hydrogen-bond acceptors (Lipinski definition) is 5. The molecule has 136 valence electrons. The molecular weight excluding hydrogens is 332 g/mol. The molecule has 1 aromatic carbocycles. The van der Waals surface area contributed by atoms with E-state index in [0.29, 0.717) is 22.9 Å². The van der Waals surface area contributed by atoms with E-state index in [1.54, 1.807) is 30.2 Å². The SMILES string of the molecule is CC1Oc2ccccc2N(CCC(=O)Nc2cccnc2N(C)C)C1=O. The molecule has 0 spiro atoms. The van der Waals surface area contributed by atoms with Crippen molar-refractivity contribution in [2.75, 3.05) is 35.8 Å². The number of ether oxygens (including phenoxy) is 1. The molecule has 0 aliphatic carbocycles. The molecule has 0 bridgehead atoms. The van der Waals surface area contributed by atoms with Gasteiger partial charge in [0.05, 0.1) is 11.4 Å². The minimum absolute atomic E-state index is 0.146. The number of anilines is 3. The first-order chi connectivity index (χ1) is 12.5. The number of nitrogens with zero attached hydrogens (tertiary/aromatic N) is 3. The van der Waals surface area contributed by atoms with Gasteiger partial charge in [-0.05, 0) is 31.2 Å². The van der Waals surface area contributed by atoms with E-state index in [1.807, 2.05) is 43.3 Å². The second-order valence-corrected chi connectivity index (χ2v) is 6.28. The van der Waals surface area contributed by atoms with Crippen molar-refractivity contribution in [2.24, 2.45) is 0 Å². The van der Waals surface area contributed by atoms with E-state index >= 15 is 0 Å². The minimum Gasteiger partial charge on any atom is -0.479 e. The molecule has 1 unspecified atom stereocenters. The van der Waals surface area contributed by atoms with Crippen LogP contribution in [0, 0.1) is 0 Å². The van der Waals surface area contributed by atoms with Crippen LogP contribution in [-0.4, -0.2) is 43.5 Å². The van der Waals surface area contributed by atoms with E-state index in [0.717, 1.165) is 0 Å². The molecule has 1 aromatic heterocycles. The summed E-state index contributed by atoms with van der Waals surface area (Å²) >= 11 is 0. The number of hydrogen-bond donors (Lipinski definition) is 1. The lowest BCUT2D eigenvalue weighted by Gasteiger charge is -2.32.